The minimum absolute atomic E-state index is 0.213. The molecule has 0 spiro atoms. The summed E-state index contributed by atoms with van der Waals surface area (Å²) in [4.78, 5) is 2.35. The number of nitrogen functional groups attached to an aromatic ring is 1. The summed E-state index contributed by atoms with van der Waals surface area (Å²) in [5.74, 6) is 0. The Balaban J connectivity index is 2.64. The fourth-order valence-electron chi connectivity index (χ4n) is 1.75. The van der Waals surface area contributed by atoms with Crippen LogP contribution >= 0.6 is 0 Å². The molecule has 0 unspecified atom stereocenters. The predicted molar refractivity (Wildman–Crippen MR) is 83.4 cm³/mol. The number of sulfonamides is 1. The van der Waals surface area contributed by atoms with E-state index in [1.165, 1.54) is 13.1 Å². The molecule has 1 aromatic rings. The molecule has 6 nitrogen and oxygen atoms in total. The summed E-state index contributed by atoms with van der Waals surface area (Å²) < 4.78 is 25.8. The highest BCUT2D eigenvalue weighted by Gasteiger charge is 2.12. The normalized spacial score (nSPS) is 11.8. The second-order valence-corrected chi connectivity index (χ2v) is 6.78. The van der Waals surface area contributed by atoms with Crippen LogP contribution in [0.15, 0.2) is 23.1 Å². The summed E-state index contributed by atoms with van der Waals surface area (Å²) in [6, 6.07) is 4.66. The van der Waals surface area contributed by atoms with Crippen LogP contribution < -0.4 is 15.8 Å². The standard InChI is InChI=1S/C13H24N4O2S/c1-15-20(18,19)11-6-7-12(14)13(10-11)16-8-4-5-9-17(2)3/h6-7,10,15-16H,4-5,8-9,14H2,1-3H3. The predicted octanol–water partition coefficient (Wildman–Crippen LogP) is 0.931. The van der Waals surface area contributed by atoms with Crippen LogP contribution in [0.1, 0.15) is 12.8 Å². The van der Waals surface area contributed by atoms with Gasteiger partial charge in [-0.2, -0.15) is 0 Å². The Bertz CT molecular complexity index is 529. The van der Waals surface area contributed by atoms with Crippen LogP contribution in [0.5, 0.6) is 0 Å². The number of hydrogen-bond acceptors (Lipinski definition) is 5. The zero-order valence-corrected chi connectivity index (χ0v) is 13.1. The number of nitrogens with zero attached hydrogens (tertiary/aromatic N) is 1. The summed E-state index contributed by atoms with van der Waals surface area (Å²) >= 11 is 0. The number of benzene rings is 1. The Morgan fingerprint density at radius 2 is 1.95 bits per heavy atom. The molecule has 1 aromatic carbocycles. The maximum Gasteiger partial charge on any atom is 0.240 e. The van der Waals surface area contributed by atoms with Crippen LogP contribution in [0.2, 0.25) is 0 Å². The quantitative estimate of drug-likeness (QED) is 0.491. The molecule has 0 radical (unpaired) electrons. The van der Waals surface area contributed by atoms with Gasteiger partial charge >= 0.3 is 0 Å². The van der Waals surface area contributed by atoms with Crippen LogP contribution in [-0.2, 0) is 10.0 Å². The van der Waals surface area contributed by atoms with Gasteiger partial charge in [-0.3, -0.25) is 0 Å². The summed E-state index contributed by atoms with van der Waals surface area (Å²) in [7, 11) is 2.03. The van der Waals surface area contributed by atoms with Crippen molar-refractivity contribution in [1.29, 1.82) is 0 Å². The highest BCUT2D eigenvalue weighted by atomic mass is 32.2. The lowest BCUT2D eigenvalue weighted by atomic mass is 10.2. The van der Waals surface area contributed by atoms with Crippen LogP contribution in [0.4, 0.5) is 11.4 Å². The van der Waals surface area contributed by atoms with E-state index in [1.807, 2.05) is 14.1 Å². The first-order valence-corrected chi connectivity index (χ1v) is 8.07. The van der Waals surface area contributed by atoms with Crippen LogP contribution in [0.25, 0.3) is 0 Å². The Hall–Kier alpha value is -1.31. The van der Waals surface area contributed by atoms with Crippen LogP contribution in [0, 0.1) is 0 Å². The lowest BCUT2D eigenvalue weighted by Crippen LogP contribution is -2.19. The zero-order valence-electron chi connectivity index (χ0n) is 12.3. The Kier molecular flexibility index (Phi) is 6.25. The van der Waals surface area contributed by atoms with E-state index in [4.69, 9.17) is 5.73 Å². The van der Waals surface area contributed by atoms with Gasteiger partial charge in [-0.15, -0.1) is 0 Å². The Morgan fingerprint density at radius 1 is 1.25 bits per heavy atom. The first-order chi connectivity index (χ1) is 9.36. The Labute approximate surface area is 121 Å². The maximum atomic E-state index is 11.7. The summed E-state index contributed by atoms with van der Waals surface area (Å²) in [5, 5.41) is 3.19. The molecular weight excluding hydrogens is 276 g/mol. The van der Waals surface area contributed by atoms with Crippen molar-refractivity contribution in [2.75, 3.05) is 45.3 Å². The fourth-order valence-corrected chi connectivity index (χ4v) is 2.51. The van der Waals surface area contributed by atoms with Crippen molar-refractivity contribution in [2.45, 2.75) is 17.7 Å². The number of nitrogens with two attached hydrogens (primary N) is 1. The molecule has 0 heterocycles. The van der Waals surface area contributed by atoms with E-state index < -0.39 is 10.0 Å². The molecule has 0 fully saturated rings. The number of hydrogen-bond donors (Lipinski definition) is 3. The number of rotatable bonds is 8. The third kappa shape index (κ3) is 4.99. The second kappa shape index (κ2) is 7.47. The van der Waals surface area contributed by atoms with Gasteiger partial charge < -0.3 is 16.0 Å². The molecule has 20 heavy (non-hydrogen) atoms. The Morgan fingerprint density at radius 3 is 2.55 bits per heavy atom. The molecular formula is C13H24N4O2S. The first kappa shape index (κ1) is 16.7. The van der Waals surface area contributed by atoms with Gasteiger partial charge in [0, 0.05) is 6.54 Å². The van der Waals surface area contributed by atoms with E-state index in [-0.39, 0.29) is 4.90 Å². The molecule has 0 amide bonds. The molecule has 0 aromatic heterocycles. The highest BCUT2D eigenvalue weighted by Crippen LogP contribution is 2.22. The molecule has 0 aliphatic carbocycles. The van der Waals surface area contributed by atoms with Crippen molar-refractivity contribution < 1.29 is 8.42 Å². The van der Waals surface area contributed by atoms with Gasteiger partial charge in [0.05, 0.1) is 16.3 Å². The van der Waals surface area contributed by atoms with Crippen molar-refractivity contribution in [3.05, 3.63) is 18.2 Å². The minimum atomic E-state index is -3.44. The largest absolute Gasteiger partial charge is 0.397 e. The van der Waals surface area contributed by atoms with E-state index in [9.17, 15) is 8.42 Å². The minimum Gasteiger partial charge on any atom is -0.397 e. The molecule has 4 N–H and O–H groups in total. The van der Waals surface area contributed by atoms with Gasteiger partial charge in [0.15, 0.2) is 0 Å². The van der Waals surface area contributed by atoms with Crippen molar-refractivity contribution in [2.24, 2.45) is 0 Å². The maximum absolute atomic E-state index is 11.7. The van der Waals surface area contributed by atoms with Gasteiger partial charge in [-0.05, 0) is 58.7 Å². The number of unbranched alkanes of at least 4 members (excludes halogenated alkanes) is 1. The lowest BCUT2D eigenvalue weighted by Gasteiger charge is -2.12. The van der Waals surface area contributed by atoms with Crippen molar-refractivity contribution in [1.82, 2.24) is 9.62 Å². The van der Waals surface area contributed by atoms with E-state index in [1.54, 1.807) is 12.1 Å². The average molecular weight is 300 g/mol. The first-order valence-electron chi connectivity index (χ1n) is 6.58. The van der Waals surface area contributed by atoms with Gasteiger partial charge in [-0.25, -0.2) is 13.1 Å². The summed E-state index contributed by atoms with van der Waals surface area (Å²) in [6.45, 7) is 1.80. The van der Waals surface area contributed by atoms with Crippen LogP contribution in [-0.4, -0.2) is 47.6 Å². The molecule has 0 bridgehead atoms. The SMILES string of the molecule is CNS(=O)(=O)c1ccc(N)c(NCCCCN(C)C)c1. The third-order valence-corrected chi connectivity index (χ3v) is 4.36. The monoisotopic (exact) mass is 300 g/mol. The van der Waals surface area contributed by atoms with E-state index in [2.05, 4.69) is 14.9 Å². The lowest BCUT2D eigenvalue weighted by molar-refractivity contribution is 0.396. The molecule has 1 rings (SSSR count). The van der Waals surface area contributed by atoms with Gasteiger partial charge in [-0.1, -0.05) is 0 Å². The van der Waals surface area contributed by atoms with Crippen molar-refractivity contribution >= 4 is 21.4 Å². The second-order valence-electron chi connectivity index (χ2n) is 4.89. The molecule has 0 atom stereocenters. The average Bonchev–Trinajstić information content (AvgIpc) is 2.39. The topological polar surface area (TPSA) is 87.5 Å². The molecule has 0 aliphatic rings. The third-order valence-electron chi connectivity index (χ3n) is 2.95. The van der Waals surface area contributed by atoms with Crippen LogP contribution in [0.3, 0.4) is 0 Å². The fraction of sp³-hybridized carbons (Fsp3) is 0.538. The molecule has 7 heteroatoms. The molecule has 0 aliphatic heterocycles. The molecule has 0 saturated heterocycles. The van der Waals surface area contributed by atoms with Crippen molar-refractivity contribution in [3.63, 3.8) is 0 Å². The zero-order chi connectivity index (χ0) is 15.2. The van der Waals surface area contributed by atoms with Gasteiger partial charge in [0.25, 0.3) is 0 Å². The summed E-state index contributed by atoms with van der Waals surface area (Å²) in [5.41, 5.74) is 7.06. The van der Waals surface area contributed by atoms with E-state index >= 15 is 0 Å². The summed E-state index contributed by atoms with van der Waals surface area (Å²) in [6.07, 6.45) is 2.08. The number of nitrogens with one attached hydrogen (secondary N) is 2. The van der Waals surface area contributed by atoms with E-state index in [0.29, 0.717) is 11.4 Å². The van der Waals surface area contributed by atoms with Gasteiger partial charge in [0.2, 0.25) is 10.0 Å². The molecule has 114 valence electrons. The van der Waals surface area contributed by atoms with Crippen molar-refractivity contribution in [3.8, 4) is 0 Å². The van der Waals surface area contributed by atoms with E-state index in [0.717, 1.165) is 25.9 Å². The highest BCUT2D eigenvalue weighted by molar-refractivity contribution is 7.89. The molecule has 0 saturated carbocycles. The van der Waals surface area contributed by atoms with Gasteiger partial charge in [0.1, 0.15) is 0 Å². The smallest absolute Gasteiger partial charge is 0.240 e. The number of anilines is 2.